The van der Waals surface area contributed by atoms with E-state index in [2.05, 4.69) is 43.2 Å². The third kappa shape index (κ3) is 2.30. The Bertz CT molecular complexity index is 468. The normalized spacial score (nSPS) is 20.1. The zero-order valence-electron chi connectivity index (χ0n) is 10.3. The largest absolute Gasteiger partial charge is 0.385 e. The molecule has 1 aliphatic heterocycles. The lowest BCUT2D eigenvalue weighted by Crippen LogP contribution is -2.27. The van der Waals surface area contributed by atoms with E-state index in [-0.39, 0.29) is 17.5 Å². The highest BCUT2D eigenvalue weighted by Gasteiger charge is 2.25. The van der Waals surface area contributed by atoms with Crippen molar-refractivity contribution in [2.24, 2.45) is 10.7 Å². The Kier molecular flexibility index (Phi) is 2.65. The van der Waals surface area contributed by atoms with Gasteiger partial charge in [-0.1, -0.05) is 45.0 Å². The van der Waals surface area contributed by atoms with E-state index in [0.29, 0.717) is 5.84 Å². The molecule has 0 saturated carbocycles. The summed E-state index contributed by atoms with van der Waals surface area (Å²) in [7, 11) is 0. The van der Waals surface area contributed by atoms with E-state index < -0.39 is 0 Å². The second-order valence-electron chi connectivity index (χ2n) is 5.29. The summed E-state index contributed by atoms with van der Waals surface area (Å²) in [5.74, 6) is 0.332. The summed E-state index contributed by atoms with van der Waals surface area (Å²) in [4.78, 5) is 14.7. The minimum atomic E-state index is -0.368. The number of benzene rings is 1. The summed E-state index contributed by atoms with van der Waals surface area (Å²) in [6.07, 6.45) is 0. The van der Waals surface area contributed by atoms with E-state index in [1.807, 2.05) is 12.1 Å². The molecule has 0 aromatic heterocycles. The van der Waals surface area contributed by atoms with Crippen LogP contribution in [-0.4, -0.2) is 11.9 Å². The fourth-order valence-electron chi connectivity index (χ4n) is 1.84. The summed E-state index contributed by atoms with van der Waals surface area (Å²) >= 11 is 0. The van der Waals surface area contributed by atoms with Crippen molar-refractivity contribution in [1.29, 1.82) is 0 Å². The van der Waals surface area contributed by atoms with Crippen LogP contribution in [0.25, 0.3) is 0 Å². The van der Waals surface area contributed by atoms with E-state index in [1.165, 1.54) is 5.56 Å². The van der Waals surface area contributed by atoms with Crippen LogP contribution in [0.2, 0.25) is 0 Å². The quantitative estimate of drug-likeness (QED) is 0.777. The first-order valence-corrected chi connectivity index (χ1v) is 5.63. The van der Waals surface area contributed by atoms with Gasteiger partial charge in [-0.2, -0.15) is 4.99 Å². The number of amidine groups is 1. The number of rotatable bonds is 1. The zero-order chi connectivity index (χ0) is 12.6. The molecular formula is C13H17N3O. The number of hydrogen-bond donors (Lipinski definition) is 2. The molecule has 0 radical (unpaired) electrons. The van der Waals surface area contributed by atoms with E-state index in [0.717, 1.165) is 5.56 Å². The fraction of sp³-hybridized carbons (Fsp3) is 0.385. The molecule has 1 unspecified atom stereocenters. The van der Waals surface area contributed by atoms with Gasteiger partial charge in [0.15, 0.2) is 0 Å². The molecule has 0 saturated heterocycles. The van der Waals surface area contributed by atoms with Crippen molar-refractivity contribution in [2.45, 2.75) is 32.2 Å². The summed E-state index contributed by atoms with van der Waals surface area (Å²) in [5, 5.41) is 2.71. The van der Waals surface area contributed by atoms with E-state index in [4.69, 9.17) is 5.73 Å². The maximum atomic E-state index is 11.1. The second-order valence-corrected chi connectivity index (χ2v) is 5.29. The number of nitrogens with two attached hydrogens (primary N) is 1. The molecule has 0 bridgehead atoms. The second kappa shape index (κ2) is 3.87. The Labute approximate surface area is 101 Å². The van der Waals surface area contributed by atoms with Crippen molar-refractivity contribution in [3.63, 3.8) is 0 Å². The molecule has 90 valence electrons. The molecule has 2 rings (SSSR count). The molecule has 0 aliphatic carbocycles. The molecule has 1 aromatic rings. The van der Waals surface area contributed by atoms with Gasteiger partial charge >= 0.3 is 6.03 Å². The molecule has 1 aromatic carbocycles. The summed E-state index contributed by atoms with van der Waals surface area (Å²) in [5.41, 5.74) is 8.03. The molecule has 0 fully saturated rings. The van der Waals surface area contributed by atoms with Gasteiger partial charge in [0.25, 0.3) is 0 Å². The number of amides is 2. The van der Waals surface area contributed by atoms with Crippen molar-refractivity contribution < 1.29 is 4.79 Å². The fourth-order valence-corrected chi connectivity index (χ4v) is 1.84. The number of urea groups is 1. The third-order valence-electron chi connectivity index (χ3n) is 2.90. The standard InChI is InChI=1S/C13H17N3O/c1-13(2,3)9-6-4-8(5-7-9)10-11(14)16-12(17)15-10/h4-7,10H,1-3H3,(H3,14,15,16,17). The monoisotopic (exact) mass is 231 g/mol. The number of carbonyl (C=O) groups is 1. The van der Waals surface area contributed by atoms with Gasteiger partial charge in [0.2, 0.25) is 0 Å². The molecule has 3 N–H and O–H groups in total. The van der Waals surface area contributed by atoms with Crippen LogP contribution in [0.3, 0.4) is 0 Å². The van der Waals surface area contributed by atoms with Gasteiger partial charge < -0.3 is 11.1 Å². The van der Waals surface area contributed by atoms with Gasteiger partial charge in [0, 0.05) is 0 Å². The van der Waals surface area contributed by atoms with Crippen LogP contribution in [0, 0.1) is 0 Å². The van der Waals surface area contributed by atoms with Gasteiger partial charge in [-0.3, -0.25) is 0 Å². The number of hydrogen-bond acceptors (Lipinski definition) is 2. The van der Waals surface area contributed by atoms with Crippen molar-refractivity contribution in [3.8, 4) is 0 Å². The summed E-state index contributed by atoms with van der Waals surface area (Å²) in [6, 6.07) is 7.45. The lowest BCUT2D eigenvalue weighted by atomic mass is 9.86. The molecular weight excluding hydrogens is 214 g/mol. The third-order valence-corrected chi connectivity index (χ3v) is 2.90. The van der Waals surface area contributed by atoms with Crippen molar-refractivity contribution in [3.05, 3.63) is 35.4 Å². The first-order chi connectivity index (χ1) is 7.88. The Morgan fingerprint density at radius 3 is 2.24 bits per heavy atom. The number of nitrogens with one attached hydrogen (secondary N) is 1. The summed E-state index contributed by atoms with van der Waals surface area (Å²) < 4.78 is 0. The van der Waals surface area contributed by atoms with Gasteiger partial charge in [-0.15, -0.1) is 0 Å². The van der Waals surface area contributed by atoms with Crippen molar-refractivity contribution in [1.82, 2.24) is 5.32 Å². The van der Waals surface area contributed by atoms with Crippen LogP contribution in [0.15, 0.2) is 29.3 Å². The Morgan fingerprint density at radius 2 is 1.82 bits per heavy atom. The van der Waals surface area contributed by atoms with Crippen LogP contribution in [0.4, 0.5) is 4.79 Å². The smallest absolute Gasteiger partial charge is 0.343 e. The average molecular weight is 231 g/mol. The summed E-state index contributed by atoms with van der Waals surface area (Å²) in [6.45, 7) is 6.49. The minimum Gasteiger partial charge on any atom is -0.385 e. The van der Waals surface area contributed by atoms with Crippen LogP contribution in [0.1, 0.15) is 37.9 Å². The highest BCUT2D eigenvalue weighted by Crippen LogP contribution is 2.24. The minimum absolute atomic E-state index is 0.122. The maximum Gasteiger partial charge on any atom is 0.343 e. The van der Waals surface area contributed by atoms with Gasteiger partial charge in [0.05, 0.1) is 0 Å². The first-order valence-electron chi connectivity index (χ1n) is 5.63. The predicted molar refractivity (Wildman–Crippen MR) is 68.0 cm³/mol. The average Bonchev–Trinajstić information content (AvgIpc) is 2.57. The Balaban J connectivity index is 2.25. The van der Waals surface area contributed by atoms with E-state index in [9.17, 15) is 4.79 Å². The lowest BCUT2D eigenvalue weighted by Gasteiger charge is -2.20. The Hall–Kier alpha value is -1.84. The van der Waals surface area contributed by atoms with E-state index in [1.54, 1.807) is 0 Å². The molecule has 1 aliphatic rings. The molecule has 17 heavy (non-hydrogen) atoms. The highest BCUT2D eigenvalue weighted by atomic mass is 16.2. The van der Waals surface area contributed by atoms with Crippen LogP contribution >= 0.6 is 0 Å². The molecule has 4 nitrogen and oxygen atoms in total. The molecule has 0 spiro atoms. The predicted octanol–water partition coefficient (Wildman–Crippen LogP) is 2.11. The molecule has 4 heteroatoms. The maximum absolute atomic E-state index is 11.1. The SMILES string of the molecule is CC(C)(C)c1ccc(C2NC(=O)N=C2N)cc1. The van der Waals surface area contributed by atoms with Crippen LogP contribution in [-0.2, 0) is 5.41 Å². The molecule has 1 atom stereocenters. The Morgan fingerprint density at radius 1 is 1.24 bits per heavy atom. The van der Waals surface area contributed by atoms with Gasteiger partial charge in [0.1, 0.15) is 11.9 Å². The van der Waals surface area contributed by atoms with Crippen LogP contribution in [0.5, 0.6) is 0 Å². The van der Waals surface area contributed by atoms with E-state index >= 15 is 0 Å². The highest BCUT2D eigenvalue weighted by molar-refractivity contribution is 6.03. The molecule has 2 amide bonds. The van der Waals surface area contributed by atoms with Crippen LogP contribution < -0.4 is 11.1 Å². The lowest BCUT2D eigenvalue weighted by molar-refractivity contribution is 0.250. The van der Waals surface area contributed by atoms with Crippen molar-refractivity contribution in [2.75, 3.05) is 0 Å². The topological polar surface area (TPSA) is 67.5 Å². The van der Waals surface area contributed by atoms with Crippen molar-refractivity contribution >= 4 is 11.9 Å². The van der Waals surface area contributed by atoms with Gasteiger partial charge in [-0.05, 0) is 16.5 Å². The number of nitrogens with zero attached hydrogens (tertiary/aromatic N) is 1. The first kappa shape index (κ1) is 11.6. The zero-order valence-corrected chi connectivity index (χ0v) is 10.3. The number of carbonyl (C=O) groups excluding carboxylic acids is 1. The van der Waals surface area contributed by atoms with Gasteiger partial charge in [-0.25, -0.2) is 4.79 Å². The number of aliphatic imine (C=N–C) groups is 1. The molecule has 1 heterocycles.